The van der Waals surface area contributed by atoms with Crippen molar-refractivity contribution >= 4 is 6.08 Å². The number of hydrogen-bond donors (Lipinski definition) is 1. The Bertz CT molecular complexity index is 362. The van der Waals surface area contributed by atoms with Gasteiger partial charge in [-0.3, -0.25) is 0 Å². The Hall–Kier alpha value is -1.08. The summed E-state index contributed by atoms with van der Waals surface area (Å²) in [6.45, 7) is 9.57. The molecule has 1 nitrogen and oxygen atoms in total. The maximum absolute atomic E-state index is 3.95. The second-order valence-corrected chi connectivity index (χ2v) is 4.50. The van der Waals surface area contributed by atoms with Gasteiger partial charge in [0, 0.05) is 6.04 Å². The quantitative estimate of drug-likeness (QED) is 0.789. The van der Waals surface area contributed by atoms with Crippen LogP contribution in [-0.2, 0) is 0 Å². The average Bonchev–Trinajstić information content (AvgIpc) is 2.14. The summed E-state index contributed by atoms with van der Waals surface area (Å²) < 4.78 is 0. The van der Waals surface area contributed by atoms with Gasteiger partial charge in [0.25, 0.3) is 0 Å². The van der Waals surface area contributed by atoms with E-state index in [1.165, 1.54) is 23.1 Å². The summed E-state index contributed by atoms with van der Waals surface area (Å²) in [6, 6.07) is 7.15. The molecule has 0 aliphatic carbocycles. The lowest BCUT2D eigenvalue weighted by Crippen LogP contribution is -2.35. The molecule has 0 saturated carbocycles. The second kappa shape index (κ2) is 4.19. The first-order chi connectivity index (χ1) is 7.24. The van der Waals surface area contributed by atoms with Gasteiger partial charge in [0.15, 0.2) is 0 Å². The van der Waals surface area contributed by atoms with Gasteiger partial charge in [0.1, 0.15) is 0 Å². The fraction of sp³-hybridized carbons (Fsp3) is 0.429. The molecule has 15 heavy (non-hydrogen) atoms. The summed E-state index contributed by atoms with van der Waals surface area (Å²) in [6.07, 6.45) is 3.26. The van der Waals surface area contributed by atoms with E-state index in [0.29, 0.717) is 12.0 Å². The summed E-state index contributed by atoms with van der Waals surface area (Å²) in [5.74, 6) is 0.568. The molecule has 1 aromatic carbocycles. The molecule has 1 atom stereocenters. The zero-order valence-corrected chi connectivity index (χ0v) is 9.59. The minimum absolute atomic E-state index is 0.552. The topological polar surface area (TPSA) is 12.0 Å². The molecule has 0 aromatic heterocycles. The van der Waals surface area contributed by atoms with E-state index < -0.39 is 0 Å². The monoisotopic (exact) mass is 201 g/mol. The molecule has 0 spiro atoms. The Morgan fingerprint density at radius 1 is 1.47 bits per heavy atom. The van der Waals surface area contributed by atoms with Gasteiger partial charge in [-0.1, -0.05) is 44.7 Å². The summed E-state index contributed by atoms with van der Waals surface area (Å²) in [4.78, 5) is 0. The van der Waals surface area contributed by atoms with Crippen LogP contribution in [0.2, 0.25) is 0 Å². The van der Waals surface area contributed by atoms with Crippen molar-refractivity contribution in [2.45, 2.75) is 32.2 Å². The van der Waals surface area contributed by atoms with Crippen LogP contribution in [0, 0.1) is 0 Å². The van der Waals surface area contributed by atoms with Crippen molar-refractivity contribution in [3.63, 3.8) is 0 Å². The van der Waals surface area contributed by atoms with Crippen LogP contribution in [0.4, 0.5) is 0 Å². The van der Waals surface area contributed by atoms with Crippen LogP contribution in [0.3, 0.4) is 0 Å². The van der Waals surface area contributed by atoms with Gasteiger partial charge in [-0.05, 0) is 35.6 Å². The Morgan fingerprint density at radius 3 is 2.67 bits per heavy atom. The van der Waals surface area contributed by atoms with Crippen molar-refractivity contribution in [1.82, 2.24) is 5.32 Å². The van der Waals surface area contributed by atoms with Crippen molar-refractivity contribution in [3.8, 4) is 0 Å². The van der Waals surface area contributed by atoms with E-state index in [4.69, 9.17) is 0 Å². The molecule has 1 aromatic rings. The molecule has 80 valence electrons. The van der Waals surface area contributed by atoms with Gasteiger partial charge >= 0.3 is 0 Å². The molecule has 1 aliphatic rings. The van der Waals surface area contributed by atoms with Gasteiger partial charge in [-0.25, -0.2) is 0 Å². The first-order valence-electron chi connectivity index (χ1n) is 5.72. The van der Waals surface area contributed by atoms with Crippen molar-refractivity contribution in [1.29, 1.82) is 0 Å². The van der Waals surface area contributed by atoms with E-state index in [0.717, 1.165) is 6.54 Å². The standard InChI is InChI=1S/C14H19N/c1-4-11-12(10(2)3)6-5-7-13(11)14-8-9-15-14/h4-7,10,14-15H,1,8-9H2,2-3H3. The molecule has 1 heterocycles. The SMILES string of the molecule is C=Cc1c(C(C)C)cccc1C1CCN1. The normalized spacial score (nSPS) is 20.1. The van der Waals surface area contributed by atoms with Crippen molar-refractivity contribution in [3.05, 3.63) is 41.5 Å². The molecule has 0 radical (unpaired) electrons. The van der Waals surface area contributed by atoms with E-state index in [-0.39, 0.29) is 0 Å². The molecule has 0 amide bonds. The Morgan fingerprint density at radius 2 is 2.20 bits per heavy atom. The number of benzene rings is 1. The number of hydrogen-bond acceptors (Lipinski definition) is 1. The third-order valence-electron chi connectivity index (χ3n) is 3.20. The minimum atomic E-state index is 0.552. The van der Waals surface area contributed by atoms with Crippen molar-refractivity contribution < 1.29 is 0 Å². The maximum Gasteiger partial charge on any atom is 0.0338 e. The fourth-order valence-electron chi connectivity index (χ4n) is 2.20. The zero-order chi connectivity index (χ0) is 10.8. The first kappa shape index (κ1) is 10.4. The molecule has 1 unspecified atom stereocenters. The summed E-state index contributed by atoms with van der Waals surface area (Å²) in [5.41, 5.74) is 4.17. The fourth-order valence-corrected chi connectivity index (χ4v) is 2.20. The van der Waals surface area contributed by atoms with Gasteiger partial charge in [0.05, 0.1) is 0 Å². The van der Waals surface area contributed by atoms with Crippen LogP contribution in [0.5, 0.6) is 0 Å². The lowest BCUT2D eigenvalue weighted by atomic mass is 9.87. The van der Waals surface area contributed by atoms with Crippen LogP contribution in [0.1, 0.15) is 48.9 Å². The van der Waals surface area contributed by atoms with Crippen molar-refractivity contribution in [2.75, 3.05) is 6.54 Å². The molecule has 1 fully saturated rings. The molecule has 1 N–H and O–H groups in total. The summed E-state index contributed by atoms with van der Waals surface area (Å²) in [5, 5.41) is 3.45. The summed E-state index contributed by atoms with van der Waals surface area (Å²) in [7, 11) is 0. The average molecular weight is 201 g/mol. The van der Waals surface area contributed by atoms with E-state index in [9.17, 15) is 0 Å². The van der Waals surface area contributed by atoms with Gasteiger partial charge in [-0.15, -0.1) is 0 Å². The van der Waals surface area contributed by atoms with E-state index >= 15 is 0 Å². The Labute approximate surface area is 92.2 Å². The smallest absolute Gasteiger partial charge is 0.0338 e. The highest BCUT2D eigenvalue weighted by atomic mass is 15.0. The van der Waals surface area contributed by atoms with Crippen LogP contribution in [0.25, 0.3) is 6.08 Å². The van der Waals surface area contributed by atoms with Crippen LogP contribution in [-0.4, -0.2) is 6.54 Å². The summed E-state index contributed by atoms with van der Waals surface area (Å²) >= 11 is 0. The highest BCUT2D eigenvalue weighted by Crippen LogP contribution is 2.31. The predicted molar refractivity (Wildman–Crippen MR) is 66.0 cm³/mol. The van der Waals surface area contributed by atoms with E-state index in [2.05, 4.69) is 43.9 Å². The molecular formula is C14H19N. The van der Waals surface area contributed by atoms with Gasteiger partial charge < -0.3 is 5.32 Å². The lowest BCUT2D eigenvalue weighted by Gasteiger charge is -2.30. The molecular weight excluding hydrogens is 182 g/mol. The minimum Gasteiger partial charge on any atom is -0.310 e. The van der Waals surface area contributed by atoms with Crippen LogP contribution < -0.4 is 5.32 Å². The van der Waals surface area contributed by atoms with E-state index in [1.807, 2.05) is 6.08 Å². The Kier molecular flexibility index (Phi) is 2.92. The first-order valence-corrected chi connectivity index (χ1v) is 5.72. The molecule has 1 heteroatoms. The zero-order valence-electron chi connectivity index (χ0n) is 9.59. The second-order valence-electron chi connectivity index (χ2n) is 4.50. The number of nitrogens with one attached hydrogen (secondary N) is 1. The molecule has 1 saturated heterocycles. The van der Waals surface area contributed by atoms with Gasteiger partial charge in [-0.2, -0.15) is 0 Å². The molecule has 0 bridgehead atoms. The maximum atomic E-state index is 3.95. The van der Waals surface area contributed by atoms with Gasteiger partial charge in [0.2, 0.25) is 0 Å². The molecule has 1 aliphatic heterocycles. The van der Waals surface area contributed by atoms with E-state index in [1.54, 1.807) is 0 Å². The number of rotatable bonds is 3. The highest BCUT2D eigenvalue weighted by Gasteiger charge is 2.21. The molecule has 2 rings (SSSR count). The highest BCUT2D eigenvalue weighted by molar-refractivity contribution is 5.58. The van der Waals surface area contributed by atoms with Crippen molar-refractivity contribution in [2.24, 2.45) is 0 Å². The van der Waals surface area contributed by atoms with Crippen LogP contribution in [0.15, 0.2) is 24.8 Å². The largest absolute Gasteiger partial charge is 0.310 e. The third-order valence-corrected chi connectivity index (χ3v) is 3.20. The third kappa shape index (κ3) is 1.84. The van der Waals surface area contributed by atoms with Crippen LogP contribution >= 0.6 is 0 Å². The Balaban J connectivity index is 2.44. The predicted octanol–water partition coefficient (Wildman–Crippen LogP) is 3.49. The lowest BCUT2D eigenvalue weighted by molar-refractivity contribution is 0.382.